The highest BCUT2D eigenvalue weighted by Gasteiger charge is 2.29. The molecule has 7 heteroatoms. The van der Waals surface area contributed by atoms with Crippen LogP contribution in [0.5, 0.6) is 0 Å². The number of hydrogen-bond donors (Lipinski definition) is 2. The molecule has 0 amide bonds. The van der Waals surface area contributed by atoms with E-state index in [0.717, 1.165) is 31.2 Å². The Morgan fingerprint density at radius 2 is 2.00 bits per heavy atom. The molecule has 0 aromatic heterocycles. The Morgan fingerprint density at radius 3 is 2.52 bits per heavy atom. The molecule has 1 aliphatic carbocycles. The average Bonchev–Trinajstić information content (AvgIpc) is 2.89. The first-order valence-corrected chi connectivity index (χ1v) is 9.20. The van der Waals surface area contributed by atoms with Gasteiger partial charge in [0.25, 0.3) is 0 Å². The lowest BCUT2D eigenvalue weighted by atomic mass is 9.99. The molecule has 4 nitrogen and oxygen atoms in total. The van der Waals surface area contributed by atoms with Crippen LogP contribution in [-0.2, 0) is 10.0 Å². The van der Waals surface area contributed by atoms with E-state index in [0.29, 0.717) is 16.9 Å². The van der Waals surface area contributed by atoms with Gasteiger partial charge in [0.2, 0.25) is 10.0 Å². The minimum Gasteiger partial charge on any atom is -0.329 e. The van der Waals surface area contributed by atoms with E-state index in [9.17, 15) is 8.42 Å². The number of nitrogens with one attached hydrogen (secondary N) is 1. The van der Waals surface area contributed by atoms with E-state index >= 15 is 0 Å². The summed E-state index contributed by atoms with van der Waals surface area (Å²) < 4.78 is 28.4. The van der Waals surface area contributed by atoms with Gasteiger partial charge in [-0.15, -0.1) is 12.4 Å². The maximum atomic E-state index is 12.5. The molecule has 0 spiro atoms. The highest BCUT2D eigenvalue weighted by molar-refractivity contribution is 9.10. The Bertz CT molecular complexity index is 574. The van der Waals surface area contributed by atoms with Crippen LogP contribution in [0.25, 0.3) is 0 Å². The molecule has 21 heavy (non-hydrogen) atoms. The van der Waals surface area contributed by atoms with E-state index in [1.807, 2.05) is 13.0 Å². The van der Waals surface area contributed by atoms with Gasteiger partial charge < -0.3 is 5.73 Å². The third-order valence-electron chi connectivity index (χ3n) is 3.91. The topological polar surface area (TPSA) is 72.2 Å². The van der Waals surface area contributed by atoms with Gasteiger partial charge in [0, 0.05) is 17.1 Å². The Kier molecular flexibility index (Phi) is 7.13. The van der Waals surface area contributed by atoms with Crippen molar-refractivity contribution in [3.05, 3.63) is 28.2 Å². The second kappa shape index (κ2) is 7.92. The summed E-state index contributed by atoms with van der Waals surface area (Å²) in [7, 11) is -3.53. The maximum absolute atomic E-state index is 12.5. The molecule has 1 aromatic rings. The summed E-state index contributed by atoms with van der Waals surface area (Å²) in [5, 5.41) is 0. The Hall–Kier alpha value is -0.140. The Labute approximate surface area is 141 Å². The first-order chi connectivity index (χ1) is 9.44. The van der Waals surface area contributed by atoms with E-state index in [-0.39, 0.29) is 23.3 Å². The molecule has 0 heterocycles. The summed E-state index contributed by atoms with van der Waals surface area (Å²) in [6, 6.07) is 5.06. The predicted octanol–water partition coefficient (Wildman–Crippen LogP) is 2.98. The van der Waals surface area contributed by atoms with Gasteiger partial charge in [0.05, 0.1) is 4.90 Å². The zero-order chi connectivity index (χ0) is 14.8. The fourth-order valence-electron chi connectivity index (χ4n) is 2.78. The molecule has 1 unspecified atom stereocenters. The third kappa shape index (κ3) is 4.66. The van der Waals surface area contributed by atoms with Crippen LogP contribution in [0.1, 0.15) is 31.2 Å². The molecule has 1 atom stereocenters. The fourth-order valence-corrected chi connectivity index (χ4v) is 5.29. The van der Waals surface area contributed by atoms with Gasteiger partial charge in [-0.05, 0) is 59.3 Å². The Morgan fingerprint density at radius 1 is 1.38 bits per heavy atom. The molecular weight excluding hydrogens is 376 g/mol. The summed E-state index contributed by atoms with van der Waals surface area (Å²) >= 11 is 3.33. The number of halogens is 2. The smallest absolute Gasteiger partial charge is 0.241 e. The third-order valence-corrected chi connectivity index (χ3v) is 6.37. The van der Waals surface area contributed by atoms with E-state index in [1.165, 1.54) is 0 Å². The van der Waals surface area contributed by atoms with Crippen LogP contribution in [0.15, 0.2) is 27.6 Å². The van der Waals surface area contributed by atoms with Gasteiger partial charge in [0.1, 0.15) is 0 Å². The van der Waals surface area contributed by atoms with Gasteiger partial charge >= 0.3 is 0 Å². The second-order valence-corrected chi connectivity index (χ2v) is 7.98. The SMILES string of the molecule is Cc1ccc(S(=O)(=O)NC(CN)C2CCCC2)c(Br)c1.Cl. The van der Waals surface area contributed by atoms with Crippen LogP contribution in [0.3, 0.4) is 0 Å². The van der Waals surface area contributed by atoms with Crippen molar-refractivity contribution in [2.75, 3.05) is 6.54 Å². The van der Waals surface area contributed by atoms with Crippen molar-refractivity contribution in [2.45, 2.75) is 43.5 Å². The number of aryl methyl sites for hydroxylation is 1. The number of rotatable bonds is 5. The molecule has 120 valence electrons. The molecule has 0 bridgehead atoms. The highest BCUT2D eigenvalue weighted by atomic mass is 79.9. The van der Waals surface area contributed by atoms with Crippen molar-refractivity contribution in [3.63, 3.8) is 0 Å². The molecule has 1 aliphatic rings. The molecule has 1 fully saturated rings. The number of benzene rings is 1. The molecule has 3 N–H and O–H groups in total. The first kappa shape index (κ1) is 18.9. The zero-order valence-corrected chi connectivity index (χ0v) is 15.2. The van der Waals surface area contributed by atoms with Crippen LogP contribution in [0.2, 0.25) is 0 Å². The average molecular weight is 398 g/mol. The minimum atomic E-state index is -3.53. The van der Waals surface area contributed by atoms with Crippen molar-refractivity contribution in [3.8, 4) is 0 Å². The number of nitrogens with two attached hydrogens (primary N) is 1. The van der Waals surface area contributed by atoms with Gasteiger partial charge in [-0.2, -0.15) is 0 Å². The molecule has 0 saturated heterocycles. The molecular formula is C14H22BrClN2O2S. The van der Waals surface area contributed by atoms with Crippen molar-refractivity contribution < 1.29 is 8.42 Å². The number of sulfonamides is 1. The van der Waals surface area contributed by atoms with Gasteiger partial charge in [0.15, 0.2) is 0 Å². The molecule has 2 rings (SSSR count). The van der Waals surface area contributed by atoms with E-state index < -0.39 is 10.0 Å². The van der Waals surface area contributed by atoms with Crippen molar-refractivity contribution in [1.29, 1.82) is 0 Å². The lowest BCUT2D eigenvalue weighted by Gasteiger charge is -2.23. The lowest BCUT2D eigenvalue weighted by molar-refractivity contribution is 0.405. The van der Waals surface area contributed by atoms with Crippen LogP contribution >= 0.6 is 28.3 Å². The van der Waals surface area contributed by atoms with Gasteiger partial charge in [-0.25, -0.2) is 13.1 Å². The van der Waals surface area contributed by atoms with Crippen molar-refractivity contribution in [2.24, 2.45) is 11.7 Å². The van der Waals surface area contributed by atoms with Crippen molar-refractivity contribution in [1.82, 2.24) is 4.72 Å². The minimum absolute atomic E-state index is 0. The normalized spacial score (nSPS) is 17.5. The summed E-state index contributed by atoms with van der Waals surface area (Å²) in [6.07, 6.45) is 4.44. The highest BCUT2D eigenvalue weighted by Crippen LogP contribution is 2.29. The number of hydrogen-bond acceptors (Lipinski definition) is 3. The maximum Gasteiger partial charge on any atom is 0.241 e. The largest absolute Gasteiger partial charge is 0.329 e. The van der Waals surface area contributed by atoms with E-state index in [4.69, 9.17) is 5.73 Å². The fraction of sp³-hybridized carbons (Fsp3) is 0.571. The van der Waals surface area contributed by atoms with E-state index in [1.54, 1.807) is 12.1 Å². The molecule has 1 aromatic carbocycles. The monoisotopic (exact) mass is 396 g/mol. The lowest BCUT2D eigenvalue weighted by Crippen LogP contribution is -2.44. The standard InChI is InChI=1S/C14H21BrN2O2S.ClH/c1-10-6-7-14(12(15)8-10)20(18,19)17-13(9-16)11-4-2-3-5-11;/h6-8,11,13,17H,2-5,9,16H2,1H3;1H. The van der Waals surface area contributed by atoms with Crippen LogP contribution in [0.4, 0.5) is 0 Å². The predicted molar refractivity (Wildman–Crippen MR) is 91.2 cm³/mol. The van der Waals surface area contributed by atoms with E-state index in [2.05, 4.69) is 20.7 Å². The molecule has 1 saturated carbocycles. The van der Waals surface area contributed by atoms with Gasteiger partial charge in [-0.3, -0.25) is 0 Å². The second-order valence-electron chi connectivity index (χ2n) is 5.44. The van der Waals surface area contributed by atoms with Crippen LogP contribution < -0.4 is 10.5 Å². The Balaban J connectivity index is 0.00000220. The van der Waals surface area contributed by atoms with Crippen LogP contribution in [0, 0.1) is 12.8 Å². The quantitative estimate of drug-likeness (QED) is 0.802. The summed E-state index contributed by atoms with van der Waals surface area (Å²) in [5.74, 6) is 0.360. The van der Waals surface area contributed by atoms with Gasteiger partial charge in [-0.1, -0.05) is 18.9 Å². The zero-order valence-electron chi connectivity index (χ0n) is 12.0. The summed E-state index contributed by atoms with van der Waals surface area (Å²) in [6.45, 7) is 2.27. The summed E-state index contributed by atoms with van der Waals surface area (Å²) in [5.41, 5.74) is 6.78. The molecule has 0 radical (unpaired) electrons. The van der Waals surface area contributed by atoms with Crippen LogP contribution in [-0.4, -0.2) is 21.0 Å². The summed E-state index contributed by atoms with van der Waals surface area (Å²) in [4.78, 5) is 0.277. The molecule has 0 aliphatic heterocycles. The first-order valence-electron chi connectivity index (χ1n) is 6.92. The van der Waals surface area contributed by atoms with Crippen molar-refractivity contribution >= 4 is 38.4 Å².